The van der Waals surface area contributed by atoms with Gasteiger partial charge in [-0.05, 0) is 76.0 Å². The van der Waals surface area contributed by atoms with Crippen molar-refractivity contribution in [1.82, 2.24) is 15.2 Å². The number of H-pyrrole nitrogens is 1. The number of piperidine rings is 1. The Hall–Kier alpha value is -3.45. The maximum Gasteiger partial charge on any atom is 0.328 e. The fourth-order valence-corrected chi connectivity index (χ4v) is 4.70. The second-order valence-corrected chi connectivity index (χ2v) is 9.58. The van der Waals surface area contributed by atoms with E-state index in [1.54, 1.807) is 12.1 Å². The average Bonchev–Trinajstić information content (AvgIpc) is 2.88. The fraction of sp³-hybridized carbons (Fsp3) is 0.414. The van der Waals surface area contributed by atoms with Crippen LogP contribution in [0.5, 0.6) is 0 Å². The van der Waals surface area contributed by atoms with Crippen LogP contribution in [0.15, 0.2) is 59.4 Å². The normalized spacial score (nSPS) is 14.9. The Bertz CT molecular complexity index is 1230. The smallest absolute Gasteiger partial charge is 0.328 e. The molecule has 3 aromatic rings. The number of hydrogen-bond acceptors (Lipinski definition) is 5. The first-order chi connectivity index (χ1) is 17.5. The summed E-state index contributed by atoms with van der Waals surface area (Å²) < 4.78 is 5.61. The van der Waals surface area contributed by atoms with Crippen LogP contribution in [0, 0.1) is 6.92 Å². The number of aromatic amines is 1. The van der Waals surface area contributed by atoms with E-state index in [-0.39, 0.29) is 17.9 Å². The Kier molecular flexibility index (Phi) is 8.90. The van der Waals surface area contributed by atoms with E-state index >= 15 is 0 Å². The topological polar surface area (TPSA) is 91.5 Å². The molecular formula is C29H35N3O4. The SMILES string of the molecule is Cc1ccc(C(=O)NC(Cc2cc(=O)[nH]c3ccccc23)C(=O)OCCCCN2CCCCC2)cc1. The summed E-state index contributed by atoms with van der Waals surface area (Å²) in [5.74, 6) is -0.839. The van der Waals surface area contributed by atoms with Gasteiger partial charge in [-0.2, -0.15) is 0 Å². The zero-order valence-electron chi connectivity index (χ0n) is 20.9. The van der Waals surface area contributed by atoms with Gasteiger partial charge >= 0.3 is 5.97 Å². The fourth-order valence-electron chi connectivity index (χ4n) is 4.70. The van der Waals surface area contributed by atoms with Crippen LogP contribution in [0.4, 0.5) is 0 Å². The molecule has 1 unspecified atom stereocenters. The molecule has 4 rings (SSSR count). The number of fused-ring (bicyclic) bond motifs is 1. The van der Waals surface area contributed by atoms with Gasteiger partial charge in [0.2, 0.25) is 5.56 Å². The summed E-state index contributed by atoms with van der Waals surface area (Å²) in [7, 11) is 0. The molecule has 1 atom stereocenters. The molecule has 0 saturated carbocycles. The Balaban J connectivity index is 1.43. The number of pyridine rings is 1. The maximum absolute atomic E-state index is 13.1. The van der Waals surface area contributed by atoms with Gasteiger partial charge in [-0.1, -0.05) is 42.3 Å². The molecule has 0 bridgehead atoms. The molecule has 190 valence electrons. The molecule has 0 spiro atoms. The van der Waals surface area contributed by atoms with Crippen molar-refractivity contribution >= 4 is 22.8 Å². The highest BCUT2D eigenvalue weighted by atomic mass is 16.5. The lowest BCUT2D eigenvalue weighted by Gasteiger charge is -2.26. The van der Waals surface area contributed by atoms with Crippen LogP contribution in [-0.4, -0.2) is 54.0 Å². The van der Waals surface area contributed by atoms with E-state index in [1.165, 1.54) is 25.3 Å². The van der Waals surface area contributed by atoms with Crippen LogP contribution in [0.3, 0.4) is 0 Å². The van der Waals surface area contributed by atoms with Crippen molar-refractivity contribution in [3.05, 3.63) is 81.6 Å². The number of para-hydroxylation sites is 1. The number of hydrogen-bond donors (Lipinski definition) is 2. The summed E-state index contributed by atoms with van der Waals surface area (Å²) in [6.07, 6.45) is 5.73. The van der Waals surface area contributed by atoms with Crippen molar-refractivity contribution in [1.29, 1.82) is 0 Å². The lowest BCUT2D eigenvalue weighted by molar-refractivity contribution is -0.146. The van der Waals surface area contributed by atoms with E-state index in [2.05, 4.69) is 15.2 Å². The quantitative estimate of drug-likeness (QED) is 0.332. The standard InChI is InChI=1S/C29H35N3O4/c1-21-11-13-22(14-12-21)28(34)31-26(19-23-20-27(33)30-25-10-4-3-9-24(23)25)29(35)36-18-8-7-17-32-15-5-2-6-16-32/h3-4,9-14,20,26H,2,5-8,15-19H2,1H3,(H,30,33)(H,31,34). The molecule has 2 N–H and O–H groups in total. The summed E-state index contributed by atoms with van der Waals surface area (Å²) in [4.78, 5) is 43.6. The Morgan fingerprint density at radius 3 is 2.56 bits per heavy atom. The van der Waals surface area contributed by atoms with Crippen molar-refractivity contribution < 1.29 is 14.3 Å². The van der Waals surface area contributed by atoms with Crippen molar-refractivity contribution in [2.24, 2.45) is 0 Å². The van der Waals surface area contributed by atoms with Gasteiger partial charge in [0.25, 0.3) is 5.91 Å². The minimum atomic E-state index is -0.911. The van der Waals surface area contributed by atoms with Crippen molar-refractivity contribution in [2.75, 3.05) is 26.2 Å². The number of rotatable bonds is 10. The third-order valence-electron chi connectivity index (χ3n) is 6.73. The number of amides is 1. The number of aryl methyl sites for hydroxylation is 1. The third kappa shape index (κ3) is 7.04. The van der Waals surface area contributed by atoms with Gasteiger partial charge in [0, 0.05) is 29.0 Å². The molecule has 36 heavy (non-hydrogen) atoms. The molecule has 1 amide bonds. The van der Waals surface area contributed by atoms with Gasteiger partial charge in [-0.15, -0.1) is 0 Å². The molecular weight excluding hydrogens is 454 g/mol. The first-order valence-electron chi connectivity index (χ1n) is 12.9. The van der Waals surface area contributed by atoms with Gasteiger partial charge in [-0.25, -0.2) is 4.79 Å². The summed E-state index contributed by atoms with van der Waals surface area (Å²) in [6.45, 7) is 5.57. The molecule has 1 saturated heterocycles. The van der Waals surface area contributed by atoms with Crippen molar-refractivity contribution in [3.8, 4) is 0 Å². The molecule has 1 aromatic heterocycles. The van der Waals surface area contributed by atoms with Crippen LogP contribution in [-0.2, 0) is 16.0 Å². The summed E-state index contributed by atoms with van der Waals surface area (Å²) in [5.41, 5.74) is 2.64. The number of benzene rings is 2. The molecule has 1 aliphatic rings. The Morgan fingerprint density at radius 2 is 1.78 bits per heavy atom. The predicted octanol–water partition coefficient (Wildman–Crippen LogP) is 3.99. The summed E-state index contributed by atoms with van der Waals surface area (Å²) >= 11 is 0. The average molecular weight is 490 g/mol. The van der Waals surface area contributed by atoms with E-state index in [9.17, 15) is 14.4 Å². The molecule has 1 aliphatic heterocycles. The molecule has 2 heterocycles. The second-order valence-electron chi connectivity index (χ2n) is 9.58. The monoisotopic (exact) mass is 489 g/mol. The predicted molar refractivity (Wildman–Crippen MR) is 141 cm³/mol. The molecule has 0 aliphatic carbocycles. The first-order valence-corrected chi connectivity index (χ1v) is 12.9. The lowest BCUT2D eigenvalue weighted by Crippen LogP contribution is -2.43. The number of esters is 1. The first kappa shape index (κ1) is 25.6. The third-order valence-corrected chi connectivity index (χ3v) is 6.73. The number of aromatic nitrogens is 1. The van der Waals surface area contributed by atoms with Crippen LogP contribution in [0.2, 0.25) is 0 Å². The van der Waals surface area contributed by atoms with Gasteiger partial charge in [0.05, 0.1) is 6.61 Å². The maximum atomic E-state index is 13.1. The van der Waals surface area contributed by atoms with Crippen LogP contribution in [0.25, 0.3) is 10.9 Å². The number of ether oxygens (including phenoxy) is 1. The van der Waals surface area contributed by atoms with E-state index in [4.69, 9.17) is 4.74 Å². The number of unbranched alkanes of at least 4 members (excludes halogenated alkanes) is 1. The van der Waals surface area contributed by atoms with Crippen LogP contribution >= 0.6 is 0 Å². The number of carbonyl (C=O) groups excluding carboxylic acids is 2. The zero-order chi connectivity index (χ0) is 25.3. The van der Waals surface area contributed by atoms with Crippen molar-refractivity contribution in [2.45, 2.75) is 51.5 Å². The van der Waals surface area contributed by atoms with Crippen molar-refractivity contribution in [3.63, 3.8) is 0 Å². The molecule has 7 nitrogen and oxygen atoms in total. The summed E-state index contributed by atoms with van der Waals surface area (Å²) in [6, 6.07) is 15.2. The van der Waals surface area contributed by atoms with Gasteiger partial charge < -0.3 is 19.9 Å². The Labute approximate surface area is 211 Å². The van der Waals surface area contributed by atoms with E-state index in [0.29, 0.717) is 23.3 Å². The number of nitrogens with one attached hydrogen (secondary N) is 2. The van der Waals surface area contributed by atoms with Crippen LogP contribution in [0.1, 0.15) is 53.6 Å². The van der Waals surface area contributed by atoms with E-state index < -0.39 is 12.0 Å². The molecule has 1 fully saturated rings. The minimum Gasteiger partial charge on any atom is -0.464 e. The van der Waals surface area contributed by atoms with Gasteiger partial charge in [0.1, 0.15) is 6.04 Å². The highest BCUT2D eigenvalue weighted by molar-refractivity contribution is 5.97. The molecule has 7 heteroatoms. The Morgan fingerprint density at radius 1 is 1.03 bits per heavy atom. The largest absolute Gasteiger partial charge is 0.464 e. The van der Waals surface area contributed by atoms with E-state index in [0.717, 1.165) is 43.4 Å². The highest BCUT2D eigenvalue weighted by Gasteiger charge is 2.24. The second kappa shape index (κ2) is 12.5. The number of nitrogens with zero attached hydrogens (tertiary/aromatic N) is 1. The number of carbonyl (C=O) groups is 2. The number of likely N-dealkylation sites (tertiary alicyclic amines) is 1. The van der Waals surface area contributed by atoms with E-state index in [1.807, 2.05) is 43.3 Å². The van der Waals surface area contributed by atoms with Gasteiger partial charge in [-0.3, -0.25) is 9.59 Å². The lowest BCUT2D eigenvalue weighted by atomic mass is 10.0. The zero-order valence-corrected chi connectivity index (χ0v) is 20.9. The minimum absolute atomic E-state index is 0.161. The van der Waals surface area contributed by atoms with Crippen LogP contribution < -0.4 is 10.9 Å². The molecule has 2 aromatic carbocycles. The van der Waals surface area contributed by atoms with Gasteiger partial charge in [0.15, 0.2) is 0 Å². The summed E-state index contributed by atoms with van der Waals surface area (Å²) in [5, 5.41) is 3.68. The highest BCUT2D eigenvalue weighted by Crippen LogP contribution is 2.17. The molecule has 0 radical (unpaired) electrons.